The van der Waals surface area contributed by atoms with Gasteiger partial charge in [-0.1, -0.05) is 17.7 Å². The van der Waals surface area contributed by atoms with Gasteiger partial charge >= 0.3 is 0 Å². The second-order valence-corrected chi connectivity index (χ2v) is 5.45. The topological polar surface area (TPSA) is 58.4 Å². The largest absolute Gasteiger partial charge is 0.394 e. The number of amides is 1. The zero-order valence-electron chi connectivity index (χ0n) is 12.2. The molecule has 0 aliphatic heterocycles. The highest BCUT2D eigenvalue weighted by Crippen LogP contribution is 2.17. The van der Waals surface area contributed by atoms with Crippen LogP contribution in [0.5, 0.6) is 0 Å². The van der Waals surface area contributed by atoms with Crippen molar-refractivity contribution in [1.29, 1.82) is 0 Å². The number of aliphatic hydroxyl groups excluding tert-OH is 1. The highest BCUT2D eigenvalue weighted by molar-refractivity contribution is 6.30. The third-order valence-electron chi connectivity index (χ3n) is 3.41. The summed E-state index contributed by atoms with van der Waals surface area (Å²) in [5.41, 5.74) is 1.98. The number of nitrogens with zero attached hydrogens (tertiary/aromatic N) is 3. The standard InChI is InChI=1S/C15H18ClN3O2/c1-10-7-14(15(21)18(3)11(2)9-20)17-19(10)13-6-4-5-12(16)8-13/h4-8,11,20H,9H2,1-3H3. The van der Waals surface area contributed by atoms with E-state index in [1.807, 2.05) is 19.1 Å². The molecule has 1 heterocycles. The number of carbonyl (C=O) groups excluding carboxylic acids is 1. The Balaban J connectivity index is 2.33. The number of aromatic nitrogens is 2. The van der Waals surface area contributed by atoms with Gasteiger partial charge in [-0.05, 0) is 38.1 Å². The number of hydrogen-bond donors (Lipinski definition) is 1. The Morgan fingerprint density at radius 3 is 2.81 bits per heavy atom. The summed E-state index contributed by atoms with van der Waals surface area (Å²) in [5, 5.41) is 14.1. The molecule has 0 bridgehead atoms. The molecule has 0 aliphatic carbocycles. The smallest absolute Gasteiger partial charge is 0.274 e. The maximum atomic E-state index is 12.3. The Labute approximate surface area is 128 Å². The number of halogens is 1. The molecule has 2 aromatic rings. The van der Waals surface area contributed by atoms with Crippen molar-refractivity contribution < 1.29 is 9.90 Å². The van der Waals surface area contributed by atoms with Gasteiger partial charge < -0.3 is 10.0 Å². The van der Waals surface area contributed by atoms with Gasteiger partial charge in [-0.3, -0.25) is 4.79 Å². The Bertz CT molecular complexity index is 654. The van der Waals surface area contributed by atoms with Gasteiger partial charge in [0.1, 0.15) is 0 Å². The van der Waals surface area contributed by atoms with E-state index < -0.39 is 0 Å². The molecule has 0 saturated carbocycles. The number of hydrogen-bond acceptors (Lipinski definition) is 3. The Morgan fingerprint density at radius 1 is 1.48 bits per heavy atom. The van der Waals surface area contributed by atoms with Crippen LogP contribution in [-0.4, -0.2) is 45.4 Å². The first-order valence-corrected chi connectivity index (χ1v) is 7.02. The summed E-state index contributed by atoms with van der Waals surface area (Å²) in [6, 6.07) is 8.75. The van der Waals surface area contributed by atoms with E-state index in [1.165, 1.54) is 4.90 Å². The highest BCUT2D eigenvalue weighted by Gasteiger charge is 2.20. The van der Waals surface area contributed by atoms with E-state index in [4.69, 9.17) is 16.7 Å². The highest BCUT2D eigenvalue weighted by atomic mass is 35.5. The van der Waals surface area contributed by atoms with Crippen molar-refractivity contribution in [2.45, 2.75) is 19.9 Å². The maximum absolute atomic E-state index is 12.3. The van der Waals surface area contributed by atoms with Gasteiger partial charge in [0.25, 0.3) is 5.91 Å². The molecule has 2 rings (SSSR count). The molecule has 112 valence electrons. The Hall–Kier alpha value is -1.85. The number of likely N-dealkylation sites (N-methyl/N-ethyl adjacent to an activating group) is 1. The molecule has 0 spiro atoms. The molecule has 21 heavy (non-hydrogen) atoms. The molecule has 1 unspecified atom stereocenters. The second kappa shape index (κ2) is 6.28. The van der Waals surface area contributed by atoms with E-state index in [1.54, 1.807) is 36.9 Å². The van der Waals surface area contributed by atoms with Crippen LogP contribution in [-0.2, 0) is 0 Å². The molecule has 6 heteroatoms. The van der Waals surface area contributed by atoms with E-state index in [9.17, 15) is 4.79 Å². The van der Waals surface area contributed by atoms with Crippen LogP contribution in [0.15, 0.2) is 30.3 Å². The fourth-order valence-corrected chi connectivity index (χ4v) is 2.14. The van der Waals surface area contributed by atoms with Crippen LogP contribution in [0.1, 0.15) is 23.1 Å². The molecular weight excluding hydrogens is 290 g/mol. The summed E-state index contributed by atoms with van der Waals surface area (Å²) in [7, 11) is 1.65. The molecule has 1 aromatic heterocycles. The molecule has 1 atom stereocenters. The number of aryl methyl sites for hydroxylation is 1. The van der Waals surface area contributed by atoms with Crippen LogP contribution in [0.4, 0.5) is 0 Å². The van der Waals surface area contributed by atoms with E-state index in [0.29, 0.717) is 10.7 Å². The van der Waals surface area contributed by atoms with Crippen molar-refractivity contribution in [3.63, 3.8) is 0 Å². The average molecular weight is 308 g/mol. The van der Waals surface area contributed by atoms with Crippen molar-refractivity contribution >= 4 is 17.5 Å². The van der Waals surface area contributed by atoms with Gasteiger partial charge in [-0.2, -0.15) is 5.10 Å². The first kappa shape index (κ1) is 15.5. The van der Waals surface area contributed by atoms with Crippen molar-refractivity contribution in [3.05, 3.63) is 46.7 Å². The van der Waals surface area contributed by atoms with Gasteiger partial charge in [0.2, 0.25) is 0 Å². The molecule has 1 amide bonds. The Morgan fingerprint density at radius 2 is 2.19 bits per heavy atom. The average Bonchev–Trinajstić information content (AvgIpc) is 2.86. The Kier molecular flexibility index (Phi) is 4.65. The van der Waals surface area contributed by atoms with Crippen LogP contribution in [0.25, 0.3) is 5.69 Å². The minimum Gasteiger partial charge on any atom is -0.394 e. The monoisotopic (exact) mass is 307 g/mol. The fourth-order valence-electron chi connectivity index (χ4n) is 1.95. The van der Waals surface area contributed by atoms with Gasteiger partial charge in [-0.15, -0.1) is 0 Å². The molecule has 5 nitrogen and oxygen atoms in total. The third-order valence-corrected chi connectivity index (χ3v) is 3.64. The van der Waals surface area contributed by atoms with Crippen LogP contribution in [0, 0.1) is 6.92 Å². The summed E-state index contributed by atoms with van der Waals surface area (Å²) in [6.45, 7) is 3.56. The van der Waals surface area contributed by atoms with Crippen molar-refractivity contribution in [3.8, 4) is 5.69 Å². The molecule has 0 fully saturated rings. The summed E-state index contributed by atoms with van der Waals surface area (Å²) in [6.07, 6.45) is 0. The predicted molar refractivity (Wildman–Crippen MR) is 82.0 cm³/mol. The summed E-state index contributed by atoms with van der Waals surface area (Å²) in [4.78, 5) is 13.8. The number of benzene rings is 1. The van der Waals surface area contributed by atoms with Crippen molar-refractivity contribution in [2.24, 2.45) is 0 Å². The molecule has 0 radical (unpaired) electrons. The lowest BCUT2D eigenvalue weighted by atomic mass is 10.2. The minimum absolute atomic E-state index is 0.0871. The van der Waals surface area contributed by atoms with Crippen molar-refractivity contribution in [1.82, 2.24) is 14.7 Å². The summed E-state index contributed by atoms with van der Waals surface area (Å²) >= 11 is 5.98. The van der Waals surface area contributed by atoms with Gasteiger partial charge in [0.05, 0.1) is 18.3 Å². The van der Waals surface area contributed by atoms with Crippen LogP contribution < -0.4 is 0 Å². The van der Waals surface area contributed by atoms with Crippen LogP contribution >= 0.6 is 11.6 Å². The van der Waals surface area contributed by atoms with E-state index in [0.717, 1.165) is 11.4 Å². The quantitative estimate of drug-likeness (QED) is 0.943. The first-order valence-electron chi connectivity index (χ1n) is 6.64. The fraction of sp³-hybridized carbons (Fsp3) is 0.333. The molecule has 0 saturated heterocycles. The number of rotatable bonds is 4. The summed E-state index contributed by atoms with van der Waals surface area (Å²) in [5.74, 6) is -0.222. The normalized spacial score (nSPS) is 12.2. The molecule has 0 aliphatic rings. The van der Waals surface area contributed by atoms with Crippen LogP contribution in [0.3, 0.4) is 0 Å². The van der Waals surface area contributed by atoms with Crippen molar-refractivity contribution in [2.75, 3.05) is 13.7 Å². The SMILES string of the molecule is Cc1cc(C(=O)N(C)C(C)CO)nn1-c1cccc(Cl)c1. The van der Waals surface area contributed by atoms with E-state index >= 15 is 0 Å². The lowest BCUT2D eigenvalue weighted by Crippen LogP contribution is -2.37. The van der Waals surface area contributed by atoms with Gasteiger partial charge in [0.15, 0.2) is 5.69 Å². The lowest BCUT2D eigenvalue weighted by molar-refractivity contribution is 0.0676. The lowest BCUT2D eigenvalue weighted by Gasteiger charge is -2.21. The number of aliphatic hydroxyl groups is 1. The second-order valence-electron chi connectivity index (χ2n) is 5.01. The third kappa shape index (κ3) is 3.25. The van der Waals surface area contributed by atoms with E-state index in [2.05, 4.69) is 5.10 Å². The predicted octanol–water partition coefficient (Wildman–Crippen LogP) is 2.29. The number of carbonyl (C=O) groups is 1. The molecule has 1 N–H and O–H groups in total. The summed E-state index contributed by atoms with van der Waals surface area (Å²) < 4.78 is 1.68. The zero-order chi connectivity index (χ0) is 15.6. The van der Waals surface area contributed by atoms with E-state index in [-0.39, 0.29) is 18.6 Å². The van der Waals surface area contributed by atoms with Gasteiger partial charge in [-0.25, -0.2) is 4.68 Å². The minimum atomic E-state index is -0.255. The maximum Gasteiger partial charge on any atom is 0.274 e. The molecule has 1 aromatic carbocycles. The zero-order valence-corrected chi connectivity index (χ0v) is 13.0. The van der Waals surface area contributed by atoms with Gasteiger partial charge in [0, 0.05) is 17.8 Å². The first-order chi connectivity index (χ1) is 9.93. The van der Waals surface area contributed by atoms with Crippen LogP contribution in [0.2, 0.25) is 5.02 Å². The molecular formula is C15H18ClN3O2.